The van der Waals surface area contributed by atoms with Gasteiger partial charge in [-0.05, 0) is 31.5 Å². The summed E-state index contributed by atoms with van der Waals surface area (Å²) in [7, 11) is 0. The molecular weight excluding hydrogens is 288 g/mol. The molecule has 116 valence electrons. The maximum atomic E-state index is 6.36. The predicted octanol–water partition coefficient (Wildman–Crippen LogP) is 2.68. The average Bonchev–Trinajstić information content (AvgIpc) is 2.63. The summed E-state index contributed by atoms with van der Waals surface area (Å²) < 4.78 is 11.4. The number of hydrogen-bond acceptors (Lipinski definition) is 4. The van der Waals surface area contributed by atoms with Crippen LogP contribution in [-0.2, 0) is 6.54 Å². The van der Waals surface area contributed by atoms with Crippen LogP contribution in [0.15, 0.2) is 12.1 Å². The van der Waals surface area contributed by atoms with Crippen LogP contribution in [0.25, 0.3) is 0 Å². The van der Waals surface area contributed by atoms with Crippen LogP contribution in [0, 0.1) is 0 Å². The topological polar surface area (TPSA) is 33.7 Å². The molecule has 2 unspecified atom stereocenters. The molecule has 2 aliphatic rings. The number of rotatable bonds is 2. The SMILES string of the molecule is CC1CN(Cc2cc(Cl)c3c(c2)OCCCO3)CC(C)N1. The Morgan fingerprint density at radius 3 is 2.67 bits per heavy atom. The molecule has 0 radical (unpaired) electrons. The number of nitrogens with zero attached hydrogens (tertiary/aromatic N) is 1. The minimum atomic E-state index is 0.518. The molecule has 2 aliphatic heterocycles. The molecular formula is C16H23ClN2O2. The molecule has 21 heavy (non-hydrogen) atoms. The fourth-order valence-electron chi connectivity index (χ4n) is 3.20. The second-order valence-corrected chi connectivity index (χ2v) is 6.53. The molecule has 2 atom stereocenters. The maximum Gasteiger partial charge on any atom is 0.179 e. The Morgan fingerprint density at radius 1 is 1.19 bits per heavy atom. The third kappa shape index (κ3) is 3.62. The molecule has 0 spiro atoms. The van der Waals surface area contributed by atoms with Crippen molar-refractivity contribution in [2.75, 3.05) is 26.3 Å². The molecule has 4 nitrogen and oxygen atoms in total. The van der Waals surface area contributed by atoms with Crippen molar-refractivity contribution in [2.45, 2.75) is 38.9 Å². The van der Waals surface area contributed by atoms with E-state index in [4.69, 9.17) is 21.1 Å². The molecule has 0 saturated carbocycles. The van der Waals surface area contributed by atoms with Gasteiger partial charge in [-0.1, -0.05) is 11.6 Å². The Morgan fingerprint density at radius 2 is 1.90 bits per heavy atom. The van der Waals surface area contributed by atoms with Crippen LogP contribution in [0.4, 0.5) is 0 Å². The molecule has 5 heteroatoms. The van der Waals surface area contributed by atoms with Crippen LogP contribution in [0.2, 0.25) is 5.02 Å². The number of nitrogens with one attached hydrogen (secondary N) is 1. The molecule has 0 aliphatic carbocycles. The zero-order chi connectivity index (χ0) is 14.8. The molecule has 0 bridgehead atoms. The maximum absolute atomic E-state index is 6.36. The molecule has 1 aromatic carbocycles. The average molecular weight is 311 g/mol. The molecule has 1 saturated heterocycles. The van der Waals surface area contributed by atoms with Gasteiger partial charge in [0.2, 0.25) is 0 Å². The van der Waals surface area contributed by atoms with Crippen molar-refractivity contribution >= 4 is 11.6 Å². The summed E-state index contributed by atoms with van der Waals surface area (Å²) in [5.41, 5.74) is 1.19. The standard InChI is InChI=1S/C16H23ClN2O2/c1-11-8-19(9-12(2)18-11)10-13-6-14(17)16-15(7-13)20-4-3-5-21-16/h6-7,11-12,18H,3-5,8-10H2,1-2H3. The lowest BCUT2D eigenvalue weighted by molar-refractivity contribution is 0.166. The third-order valence-corrected chi connectivity index (χ3v) is 4.18. The molecule has 2 heterocycles. The van der Waals surface area contributed by atoms with Gasteiger partial charge in [-0.15, -0.1) is 0 Å². The van der Waals surface area contributed by atoms with Gasteiger partial charge in [0.1, 0.15) is 0 Å². The third-order valence-electron chi connectivity index (χ3n) is 3.90. The van der Waals surface area contributed by atoms with Crippen molar-refractivity contribution in [1.82, 2.24) is 10.2 Å². The van der Waals surface area contributed by atoms with E-state index >= 15 is 0 Å². The fourth-order valence-corrected chi connectivity index (χ4v) is 3.49. The number of benzene rings is 1. The Balaban J connectivity index is 1.76. The second-order valence-electron chi connectivity index (χ2n) is 6.12. The Hall–Kier alpha value is -0.970. The summed E-state index contributed by atoms with van der Waals surface area (Å²) in [6.45, 7) is 8.81. The van der Waals surface area contributed by atoms with Gasteiger partial charge in [0.05, 0.1) is 18.2 Å². The van der Waals surface area contributed by atoms with Crippen molar-refractivity contribution in [2.24, 2.45) is 0 Å². The van der Waals surface area contributed by atoms with Crippen LogP contribution in [0.1, 0.15) is 25.8 Å². The highest BCUT2D eigenvalue weighted by Crippen LogP contribution is 2.38. The van der Waals surface area contributed by atoms with E-state index in [9.17, 15) is 0 Å². The van der Waals surface area contributed by atoms with E-state index in [0.29, 0.717) is 36.1 Å². The van der Waals surface area contributed by atoms with Crippen molar-refractivity contribution in [3.63, 3.8) is 0 Å². The first-order valence-electron chi connectivity index (χ1n) is 7.68. The molecule has 0 aromatic heterocycles. The molecule has 0 amide bonds. The normalized spacial score (nSPS) is 26.4. The van der Waals surface area contributed by atoms with E-state index < -0.39 is 0 Å². The lowest BCUT2D eigenvalue weighted by Gasteiger charge is -2.36. The Bertz CT molecular complexity index is 499. The predicted molar refractivity (Wildman–Crippen MR) is 84.4 cm³/mol. The zero-order valence-electron chi connectivity index (χ0n) is 12.7. The molecule has 1 aromatic rings. The first kappa shape index (κ1) is 14.9. The van der Waals surface area contributed by atoms with Crippen LogP contribution in [-0.4, -0.2) is 43.3 Å². The lowest BCUT2D eigenvalue weighted by atomic mass is 10.1. The molecule has 3 rings (SSSR count). The summed E-state index contributed by atoms with van der Waals surface area (Å²) in [5.74, 6) is 1.48. The zero-order valence-corrected chi connectivity index (χ0v) is 13.4. The lowest BCUT2D eigenvalue weighted by Crippen LogP contribution is -2.53. The van der Waals surface area contributed by atoms with E-state index in [1.165, 1.54) is 5.56 Å². The first-order chi connectivity index (χ1) is 10.1. The van der Waals surface area contributed by atoms with Gasteiger partial charge in [-0.3, -0.25) is 4.90 Å². The van der Waals surface area contributed by atoms with E-state index in [1.54, 1.807) is 0 Å². The summed E-state index contributed by atoms with van der Waals surface area (Å²) in [6.07, 6.45) is 0.896. The van der Waals surface area contributed by atoms with E-state index in [2.05, 4.69) is 30.1 Å². The highest BCUT2D eigenvalue weighted by Gasteiger charge is 2.22. The quantitative estimate of drug-likeness (QED) is 0.910. The number of fused-ring (bicyclic) bond motifs is 1. The highest BCUT2D eigenvalue weighted by atomic mass is 35.5. The minimum absolute atomic E-state index is 0.518. The van der Waals surface area contributed by atoms with Gasteiger partial charge in [0.15, 0.2) is 11.5 Å². The van der Waals surface area contributed by atoms with Crippen LogP contribution in [0.5, 0.6) is 11.5 Å². The van der Waals surface area contributed by atoms with Crippen molar-refractivity contribution in [3.8, 4) is 11.5 Å². The van der Waals surface area contributed by atoms with Crippen LogP contribution >= 0.6 is 11.6 Å². The minimum Gasteiger partial charge on any atom is -0.489 e. The van der Waals surface area contributed by atoms with Gasteiger partial charge in [0.25, 0.3) is 0 Å². The van der Waals surface area contributed by atoms with Crippen LogP contribution in [0.3, 0.4) is 0 Å². The van der Waals surface area contributed by atoms with E-state index in [1.807, 2.05) is 6.07 Å². The number of hydrogen-bond donors (Lipinski definition) is 1. The summed E-state index contributed by atoms with van der Waals surface area (Å²) >= 11 is 6.36. The Kier molecular flexibility index (Phi) is 4.57. The fraction of sp³-hybridized carbons (Fsp3) is 0.625. The van der Waals surface area contributed by atoms with Gasteiger partial charge >= 0.3 is 0 Å². The summed E-state index contributed by atoms with van der Waals surface area (Å²) in [5, 5.41) is 4.21. The van der Waals surface area contributed by atoms with Gasteiger partial charge in [0, 0.05) is 38.1 Å². The molecule has 1 N–H and O–H groups in total. The largest absolute Gasteiger partial charge is 0.489 e. The highest BCUT2D eigenvalue weighted by molar-refractivity contribution is 6.32. The number of ether oxygens (including phenoxy) is 2. The number of halogens is 1. The van der Waals surface area contributed by atoms with Crippen LogP contribution < -0.4 is 14.8 Å². The Labute approximate surface area is 131 Å². The van der Waals surface area contributed by atoms with Gasteiger partial charge in [-0.25, -0.2) is 0 Å². The van der Waals surface area contributed by atoms with E-state index in [-0.39, 0.29) is 0 Å². The summed E-state index contributed by atoms with van der Waals surface area (Å²) in [4.78, 5) is 2.46. The van der Waals surface area contributed by atoms with Crippen molar-refractivity contribution in [3.05, 3.63) is 22.7 Å². The van der Waals surface area contributed by atoms with Gasteiger partial charge in [-0.2, -0.15) is 0 Å². The number of piperazine rings is 1. The molecule has 1 fully saturated rings. The van der Waals surface area contributed by atoms with Crippen molar-refractivity contribution in [1.29, 1.82) is 0 Å². The smallest absolute Gasteiger partial charge is 0.179 e. The second kappa shape index (κ2) is 6.42. The van der Waals surface area contributed by atoms with Gasteiger partial charge < -0.3 is 14.8 Å². The first-order valence-corrected chi connectivity index (χ1v) is 8.06. The monoisotopic (exact) mass is 310 g/mol. The van der Waals surface area contributed by atoms with E-state index in [0.717, 1.165) is 31.8 Å². The summed E-state index contributed by atoms with van der Waals surface area (Å²) in [6, 6.07) is 5.12. The van der Waals surface area contributed by atoms with Crippen molar-refractivity contribution < 1.29 is 9.47 Å².